The second-order valence-electron chi connectivity index (χ2n) is 6.02. The van der Waals surface area contributed by atoms with Crippen LogP contribution in [0.4, 0.5) is 0 Å². The van der Waals surface area contributed by atoms with E-state index in [1.54, 1.807) is 0 Å². The summed E-state index contributed by atoms with van der Waals surface area (Å²) in [6, 6.07) is 16.2. The molecule has 0 spiro atoms. The molecule has 0 aliphatic carbocycles. The highest BCUT2D eigenvalue weighted by Gasteiger charge is 2.04. The fraction of sp³-hybridized carbons (Fsp3) is 0.333. The average molecular weight is 320 g/mol. The van der Waals surface area contributed by atoms with Gasteiger partial charge in [0.1, 0.15) is 11.0 Å². The van der Waals surface area contributed by atoms with Gasteiger partial charge in [-0.25, -0.2) is 9.36 Å². The lowest BCUT2D eigenvalue weighted by atomic mass is 10.2. The van der Waals surface area contributed by atoms with Gasteiger partial charge in [-0.3, -0.25) is 0 Å². The maximum Gasteiger partial charge on any atom is 0.113 e. The van der Waals surface area contributed by atoms with E-state index in [1.807, 2.05) is 45.8 Å². The normalized spacial score (nSPS) is 11.5. The number of aromatic nitrogens is 6. The number of aryl methyl sites for hydroxylation is 2. The van der Waals surface area contributed by atoms with Gasteiger partial charge in [0.05, 0.1) is 11.0 Å². The number of hydrogen-bond donors (Lipinski definition) is 0. The Kier molecular flexibility index (Phi) is 4.18. The quantitative estimate of drug-likeness (QED) is 0.489. The maximum absolute atomic E-state index is 4.23. The first-order chi connectivity index (χ1) is 11.9. The van der Waals surface area contributed by atoms with E-state index in [2.05, 4.69) is 32.8 Å². The molecule has 0 aliphatic rings. The van der Waals surface area contributed by atoms with E-state index >= 15 is 0 Å². The van der Waals surface area contributed by atoms with Crippen LogP contribution in [-0.2, 0) is 13.1 Å². The zero-order chi connectivity index (χ0) is 16.2. The summed E-state index contributed by atoms with van der Waals surface area (Å²) in [4.78, 5) is 0. The first-order valence-corrected chi connectivity index (χ1v) is 8.48. The summed E-state index contributed by atoms with van der Waals surface area (Å²) in [5, 5.41) is 16.8. The van der Waals surface area contributed by atoms with Crippen LogP contribution in [0.5, 0.6) is 0 Å². The molecule has 2 aromatic heterocycles. The van der Waals surface area contributed by atoms with Crippen LogP contribution in [0.15, 0.2) is 48.5 Å². The Hall–Kier alpha value is -2.76. The van der Waals surface area contributed by atoms with Crippen molar-refractivity contribution in [2.45, 2.75) is 38.8 Å². The Morgan fingerprint density at radius 2 is 1.04 bits per heavy atom. The number of para-hydroxylation sites is 2. The number of hydrogen-bond acceptors (Lipinski definition) is 4. The smallest absolute Gasteiger partial charge is 0.113 e. The minimum atomic E-state index is 0.923. The van der Waals surface area contributed by atoms with E-state index in [-0.39, 0.29) is 0 Å². The summed E-state index contributed by atoms with van der Waals surface area (Å²) in [6.45, 7) is 1.85. The highest BCUT2D eigenvalue weighted by atomic mass is 15.4. The van der Waals surface area contributed by atoms with Gasteiger partial charge >= 0.3 is 0 Å². The zero-order valence-corrected chi connectivity index (χ0v) is 13.5. The fourth-order valence-corrected chi connectivity index (χ4v) is 3.04. The molecule has 0 bridgehead atoms. The predicted molar refractivity (Wildman–Crippen MR) is 93.5 cm³/mol. The van der Waals surface area contributed by atoms with Gasteiger partial charge in [0.15, 0.2) is 0 Å². The van der Waals surface area contributed by atoms with Crippen molar-refractivity contribution in [3.63, 3.8) is 0 Å². The van der Waals surface area contributed by atoms with Crippen LogP contribution < -0.4 is 0 Å². The van der Waals surface area contributed by atoms with E-state index in [1.165, 1.54) is 12.8 Å². The van der Waals surface area contributed by atoms with E-state index in [0.29, 0.717) is 0 Å². The van der Waals surface area contributed by atoms with E-state index < -0.39 is 0 Å². The summed E-state index contributed by atoms with van der Waals surface area (Å²) in [5.41, 5.74) is 4.17. The molecular formula is C18H20N6. The van der Waals surface area contributed by atoms with Crippen LogP contribution in [0.1, 0.15) is 25.7 Å². The van der Waals surface area contributed by atoms with Gasteiger partial charge in [-0.1, -0.05) is 47.5 Å². The van der Waals surface area contributed by atoms with Crippen LogP contribution >= 0.6 is 0 Å². The number of nitrogens with zero attached hydrogens (tertiary/aromatic N) is 6. The zero-order valence-electron chi connectivity index (χ0n) is 13.5. The van der Waals surface area contributed by atoms with Gasteiger partial charge in [0.25, 0.3) is 0 Å². The molecule has 0 fully saturated rings. The third-order valence-electron chi connectivity index (χ3n) is 4.33. The number of rotatable bonds is 7. The third-order valence-corrected chi connectivity index (χ3v) is 4.33. The second-order valence-corrected chi connectivity index (χ2v) is 6.02. The van der Waals surface area contributed by atoms with Gasteiger partial charge < -0.3 is 0 Å². The molecule has 0 aliphatic heterocycles. The van der Waals surface area contributed by atoms with Crippen molar-refractivity contribution in [2.24, 2.45) is 0 Å². The second kappa shape index (κ2) is 6.78. The van der Waals surface area contributed by atoms with E-state index in [0.717, 1.165) is 48.0 Å². The number of unbranched alkanes of at least 4 members (excludes halogenated alkanes) is 3. The molecule has 6 nitrogen and oxygen atoms in total. The van der Waals surface area contributed by atoms with E-state index in [4.69, 9.17) is 0 Å². The van der Waals surface area contributed by atoms with Crippen molar-refractivity contribution >= 4 is 22.1 Å². The van der Waals surface area contributed by atoms with Crippen LogP contribution in [0.3, 0.4) is 0 Å². The Bertz CT molecular complexity index is 861. The number of fused-ring (bicyclic) bond motifs is 2. The highest BCUT2D eigenvalue weighted by molar-refractivity contribution is 5.74. The van der Waals surface area contributed by atoms with Crippen molar-refractivity contribution in [3.8, 4) is 0 Å². The summed E-state index contributed by atoms with van der Waals surface area (Å²) in [5.74, 6) is 0. The molecule has 4 aromatic rings. The molecule has 2 heterocycles. The molecule has 0 amide bonds. The Labute approximate surface area is 140 Å². The van der Waals surface area contributed by atoms with Gasteiger partial charge in [-0.15, -0.1) is 10.2 Å². The summed E-state index contributed by atoms with van der Waals surface area (Å²) in [6.07, 6.45) is 4.60. The molecular weight excluding hydrogens is 300 g/mol. The van der Waals surface area contributed by atoms with Crippen molar-refractivity contribution in [1.29, 1.82) is 0 Å². The lowest BCUT2D eigenvalue weighted by molar-refractivity contribution is 0.501. The molecule has 0 unspecified atom stereocenters. The first-order valence-electron chi connectivity index (χ1n) is 8.48. The molecule has 122 valence electrons. The molecule has 2 aromatic carbocycles. The Morgan fingerprint density at radius 3 is 1.54 bits per heavy atom. The first kappa shape index (κ1) is 14.8. The van der Waals surface area contributed by atoms with E-state index in [9.17, 15) is 0 Å². The lowest BCUT2D eigenvalue weighted by Gasteiger charge is -2.04. The summed E-state index contributed by atoms with van der Waals surface area (Å²) >= 11 is 0. The number of benzene rings is 2. The van der Waals surface area contributed by atoms with Crippen molar-refractivity contribution < 1.29 is 0 Å². The molecule has 0 atom stereocenters. The molecule has 0 radical (unpaired) electrons. The fourth-order valence-electron chi connectivity index (χ4n) is 3.04. The minimum Gasteiger partial charge on any atom is -0.245 e. The van der Waals surface area contributed by atoms with Crippen molar-refractivity contribution in [1.82, 2.24) is 30.0 Å². The minimum absolute atomic E-state index is 0.923. The maximum atomic E-state index is 4.23. The molecule has 0 saturated heterocycles. The standard InChI is InChI=1S/C18H20N6/c1(7-13-23-17-11-5-3-9-15(17)19-21-23)2-8-14-24-18-12-6-4-10-16(18)20-22-24/h3-6,9-12H,1-2,7-8,13-14H2. The van der Waals surface area contributed by atoms with Crippen LogP contribution in [0.2, 0.25) is 0 Å². The van der Waals surface area contributed by atoms with Gasteiger partial charge in [0, 0.05) is 13.1 Å². The van der Waals surface area contributed by atoms with Crippen LogP contribution in [-0.4, -0.2) is 30.0 Å². The topological polar surface area (TPSA) is 61.4 Å². The van der Waals surface area contributed by atoms with Crippen LogP contribution in [0.25, 0.3) is 22.1 Å². The van der Waals surface area contributed by atoms with Gasteiger partial charge in [-0.05, 0) is 37.1 Å². The largest absolute Gasteiger partial charge is 0.245 e. The van der Waals surface area contributed by atoms with Crippen LogP contribution in [0, 0.1) is 0 Å². The van der Waals surface area contributed by atoms with Gasteiger partial charge in [0.2, 0.25) is 0 Å². The molecule has 0 N–H and O–H groups in total. The Balaban J connectivity index is 1.24. The third kappa shape index (κ3) is 2.99. The predicted octanol–water partition coefficient (Wildman–Crippen LogP) is 3.44. The van der Waals surface area contributed by atoms with Crippen molar-refractivity contribution in [2.75, 3.05) is 0 Å². The van der Waals surface area contributed by atoms with Crippen molar-refractivity contribution in [3.05, 3.63) is 48.5 Å². The Morgan fingerprint density at radius 1 is 0.583 bits per heavy atom. The summed E-state index contributed by atoms with van der Waals surface area (Å²) in [7, 11) is 0. The molecule has 4 rings (SSSR count). The van der Waals surface area contributed by atoms with Gasteiger partial charge in [-0.2, -0.15) is 0 Å². The average Bonchev–Trinajstić information content (AvgIpc) is 3.22. The monoisotopic (exact) mass is 320 g/mol. The molecule has 6 heteroatoms. The lowest BCUT2D eigenvalue weighted by Crippen LogP contribution is -2.02. The molecule has 24 heavy (non-hydrogen) atoms. The highest BCUT2D eigenvalue weighted by Crippen LogP contribution is 2.13. The SMILES string of the molecule is c1ccc2c(c1)nnn2CCCCCCn1nnc2ccccc21. The summed E-state index contributed by atoms with van der Waals surface area (Å²) < 4.78 is 4.00. The molecule has 0 saturated carbocycles.